The number of nitrogens with zero attached hydrogens (tertiary/aromatic N) is 2. The summed E-state index contributed by atoms with van der Waals surface area (Å²) in [6.07, 6.45) is 10.7. The van der Waals surface area contributed by atoms with Gasteiger partial charge in [0.1, 0.15) is 0 Å². The Labute approximate surface area is 129 Å². The van der Waals surface area contributed by atoms with Crippen molar-refractivity contribution in [2.45, 2.75) is 58.5 Å². The van der Waals surface area contributed by atoms with Crippen molar-refractivity contribution in [1.82, 2.24) is 15.2 Å². The van der Waals surface area contributed by atoms with Crippen molar-refractivity contribution in [3.05, 3.63) is 29.6 Å². The van der Waals surface area contributed by atoms with Crippen molar-refractivity contribution in [2.24, 2.45) is 5.41 Å². The molecule has 1 aromatic rings. The Hall–Kier alpha value is -0.930. The van der Waals surface area contributed by atoms with E-state index in [0.29, 0.717) is 0 Å². The molecular formula is C18H29N3. The van der Waals surface area contributed by atoms with Gasteiger partial charge in [0.15, 0.2) is 0 Å². The van der Waals surface area contributed by atoms with E-state index in [-0.39, 0.29) is 0 Å². The van der Waals surface area contributed by atoms with Gasteiger partial charge in [-0.2, -0.15) is 0 Å². The van der Waals surface area contributed by atoms with Crippen LogP contribution in [0.1, 0.15) is 56.7 Å². The molecule has 0 bridgehead atoms. The van der Waals surface area contributed by atoms with Crippen LogP contribution in [0.15, 0.2) is 18.3 Å². The second-order valence-corrected chi connectivity index (χ2v) is 6.92. The van der Waals surface area contributed by atoms with Gasteiger partial charge in [0, 0.05) is 19.3 Å². The Kier molecular flexibility index (Phi) is 4.91. The Bertz CT molecular complexity index is 424. The zero-order valence-electron chi connectivity index (χ0n) is 13.4. The van der Waals surface area contributed by atoms with Gasteiger partial charge >= 0.3 is 0 Å². The van der Waals surface area contributed by atoms with Gasteiger partial charge < -0.3 is 5.32 Å². The highest BCUT2D eigenvalue weighted by molar-refractivity contribution is 5.14. The molecule has 116 valence electrons. The number of nitrogens with one attached hydrogen (secondary N) is 1. The van der Waals surface area contributed by atoms with Crippen LogP contribution < -0.4 is 5.32 Å². The van der Waals surface area contributed by atoms with E-state index in [0.717, 1.165) is 25.0 Å². The Morgan fingerprint density at radius 3 is 2.52 bits per heavy atom. The molecule has 21 heavy (non-hydrogen) atoms. The Morgan fingerprint density at radius 1 is 1.14 bits per heavy atom. The van der Waals surface area contributed by atoms with Crippen LogP contribution in [0, 0.1) is 5.41 Å². The number of piperidine rings is 1. The average molecular weight is 287 g/mol. The highest BCUT2D eigenvalue weighted by Crippen LogP contribution is 2.46. The molecule has 1 saturated heterocycles. The van der Waals surface area contributed by atoms with E-state index in [9.17, 15) is 0 Å². The van der Waals surface area contributed by atoms with Crippen LogP contribution in [0.2, 0.25) is 0 Å². The molecule has 3 heteroatoms. The number of hydrogen-bond acceptors (Lipinski definition) is 3. The summed E-state index contributed by atoms with van der Waals surface area (Å²) in [6.45, 7) is 7.63. The molecule has 2 fully saturated rings. The molecule has 0 atom stereocenters. The summed E-state index contributed by atoms with van der Waals surface area (Å²) >= 11 is 0. The molecule has 3 rings (SSSR count). The maximum atomic E-state index is 4.63. The molecule has 1 spiro atoms. The molecule has 1 N–H and O–H groups in total. The van der Waals surface area contributed by atoms with E-state index in [1.165, 1.54) is 62.9 Å². The summed E-state index contributed by atoms with van der Waals surface area (Å²) in [5, 5.41) is 3.34. The number of hydrogen-bond donors (Lipinski definition) is 1. The van der Waals surface area contributed by atoms with E-state index in [2.05, 4.69) is 34.3 Å². The standard InChI is InChI=1S/C18H29N3/c1-2-19-13-16-5-6-17(20-14-16)15-21-11-9-18(10-12-21)7-3-4-8-18/h5-6,14,19H,2-4,7-13,15H2,1H3. The number of aromatic nitrogens is 1. The van der Waals surface area contributed by atoms with Crippen LogP contribution in [-0.2, 0) is 13.1 Å². The maximum absolute atomic E-state index is 4.63. The van der Waals surface area contributed by atoms with E-state index in [1.807, 2.05) is 6.20 Å². The topological polar surface area (TPSA) is 28.2 Å². The summed E-state index contributed by atoms with van der Waals surface area (Å²) in [4.78, 5) is 7.23. The van der Waals surface area contributed by atoms with Crippen LogP contribution in [0.25, 0.3) is 0 Å². The van der Waals surface area contributed by atoms with Gasteiger partial charge in [-0.1, -0.05) is 25.8 Å². The maximum Gasteiger partial charge on any atom is 0.0544 e. The Balaban J connectivity index is 1.48. The molecule has 1 aromatic heterocycles. The lowest BCUT2D eigenvalue weighted by atomic mass is 9.77. The van der Waals surface area contributed by atoms with E-state index >= 15 is 0 Å². The van der Waals surface area contributed by atoms with Crippen LogP contribution in [-0.4, -0.2) is 29.5 Å². The minimum atomic E-state index is 0.722. The molecule has 1 saturated carbocycles. The molecule has 0 amide bonds. The first-order valence-corrected chi connectivity index (χ1v) is 8.67. The fourth-order valence-corrected chi connectivity index (χ4v) is 3.96. The fraction of sp³-hybridized carbons (Fsp3) is 0.722. The van der Waals surface area contributed by atoms with Gasteiger partial charge in [0.05, 0.1) is 5.69 Å². The van der Waals surface area contributed by atoms with Crippen LogP contribution >= 0.6 is 0 Å². The van der Waals surface area contributed by atoms with Crippen LogP contribution in [0.3, 0.4) is 0 Å². The molecule has 0 aromatic carbocycles. The van der Waals surface area contributed by atoms with Crippen molar-refractivity contribution in [2.75, 3.05) is 19.6 Å². The molecule has 0 unspecified atom stereocenters. The SMILES string of the molecule is CCNCc1ccc(CN2CCC3(CCCC3)CC2)nc1. The molecule has 1 aliphatic heterocycles. The predicted molar refractivity (Wildman–Crippen MR) is 87.0 cm³/mol. The van der Waals surface area contributed by atoms with E-state index in [1.54, 1.807) is 0 Å². The predicted octanol–water partition coefficient (Wildman–Crippen LogP) is 3.35. The van der Waals surface area contributed by atoms with Crippen LogP contribution in [0.4, 0.5) is 0 Å². The summed E-state index contributed by atoms with van der Waals surface area (Å²) < 4.78 is 0. The van der Waals surface area contributed by atoms with Crippen molar-refractivity contribution in [1.29, 1.82) is 0 Å². The highest BCUT2D eigenvalue weighted by Gasteiger charge is 2.36. The smallest absolute Gasteiger partial charge is 0.0544 e. The monoisotopic (exact) mass is 287 g/mol. The molecule has 2 aliphatic rings. The third-order valence-electron chi connectivity index (χ3n) is 5.43. The number of rotatable bonds is 5. The Morgan fingerprint density at radius 2 is 1.90 bits per heavy atom. The van der Waals surface area contributed by atoms with Gasteiger partial charge in [0.25, 0.3) is 0 Å². The van der Waals surface area contributed by atoms with Gasteiger partial charge in [0.2, 0.25) is 0 Å². The molecular weight excluding hydrogens is 258 g/mol. The van der Waals surface area contributed by atoms with Gasteiger partial charge in [-0.3, -0.25) is 9.88 Å². The lowest BCUT2D eigenvalue weighted by Gasteiger charge is -2.39. The number of pyridine rings is 1. The van der Waals surface area contributed by atoms with Crippen molar-refractivity contribution in [3.63, 3.8) is 0 Å². The molecule has 2 heterocycles. The third-order valence-corrected chi connectivity index (χ3v) is 5.43. The van der Waals surface area contributed by atoms with Gasteiger partial charge in [-0.25, -0.2) is 0 Å². The highest BCUT2D eigenvalue weighted by atomic mass is 15.1. The normalized spacial score (nSPS) is 22.0. The molecule has 0 radical (unpaired) electrons. The summed E-state index contributed by atoms with van der Waals surface area (Å²) in [7, 11) is 0. The minimum absolute atomic E-state index is 0.722. The first kappa shape index (κ1) is 15.0. The second-order valence-electron chi connectivity index (χ2n) is 6.92. The quantitative estimate of drug-likeness (QED) is 0.900. The van der Waals surface area contributed by atoms with Crippen molar-refractivity contribution < 1.29 is 0 Å². The fourth-order valence-electron chi connectivity index (χ4n) is 3.96. The summed E-state index contributed by atoms with van der Waals surface area (Å²) in [6, 6.07) is 4.42. The first-order chi connectivity index (χ1) is 10.3. The first-order valence-electron chi connectivity index (χ1n) is 8.67. The van der Waals surface area contributed by atoms with Crippen LogP contribution in [0.5, 0.6) is 0 Å². The van der Waals surface area contributed by atoms with E-state index in [4.69, 9.17) is 0 Å². The molecule has 1 aliphatic carbocycles. The van der Waals surface area contributed by atoms with Gasteiger partial charge in [-0.15, -0.1) is 0 Å². The summed E-state index contributed by atoms with van der Waals surface area (Å²) in [5.74, 6) is 0. The number of likely N-dealkylation sites (tertiary alicyclic amines) is 1. The third kappa shape index (κ3) is 3.83. The zero-order valence-corrected chi connectivity index (χ0v) is 13.4. The average Bonchev–Trinajstić information content (AvgIpc) is 2.98. The van der Waals surface area contributed by atoms with Gasteiger partial charge in [-0.05, 0) is 62.4 Å². The lowest BCUT2D eigenvalue weighted by molar-refractivity contribution is 0.103. The largest absolute Gasteiger partial charge is 0.313 e. The minimum Gasteiger partial charge on any atom is -0.313 e. The lowest BCUT2D eigenvalue weighted by Crippen LogP contribution is -2.38. The van der Waals surface area contributed by atoms with Crippen molar-refractivity contribution >= 4 is 0 Å². The zero-order chi connectivity index (χ0) is 14.5. The van der Waals surface area contributed by atoms with E-state index < -0.39 is 0 Å². The second kappa shape index (κ2) is 6.89. The summed E-state index contributed by atoms with van der Waals surface area (Å²) in [5.41, 5.74) is 3.22. The van der Waals surface area contributed by atoms with Crippen molar-refractivity contribution in [3.8, 4) is 0 Å². The molecule has 3 nitrogen and oxygen atoms in total.